The van der Waals surface area contributed by atoms with Gasteiger partial charge < -0.3 is 14.7 Å². The molecule has 2 aromatic carbocycles. The van der Waals surface area contributed by atoms with Gasteiger partial charge in [-0.3, -0.25) is 9.78 Å². The minimum atomic E-state index is -0.00717. The van der Waals surface area contributed by atoms with Gasteiger partial charge in [0.15, 0.2) is 6.61 Å². The Kier molecular flexibility index (Phi) is 6.35. The summed E-state index contributed by atoms with van der Waals surface area (Å²) in [6.07, 6.45) is 5.45. The Morgan fingerprint density at radius 1 is 1.10 bits per heavy atom. The first-order valence-corrected chi connectivity index (χ1v) is 10.2. The van der Waals surface area contributed by atoms with Crippen LogP contribution in [-0.4, -0.2) is 45.6 Å². The Bertz CT molecular complexity index is 977. The molecular formula is C24H25N3O3. The number of nitrogens with zero attached hydrogens (tertiary/aromatic N) is 3. The fourth-order valence-corrected chi connectivity index (χ4v) is 3.70. The van der Waals surface area contributed by atoms with E-state index in [0.717, 1.165) is 41.9 Å². The Hall–Kier alpha value is -3.25. The monoisotopic (exact) mass is 403 g/mol. The van der Waals surface area contributed by atoms with Gasteiger partial charge in [0, 0.05) is 30.8 Å². The van der Waals surface area contributed by atoms with E-state index >= 15 is 0 Å². The summed E-state index contributed by atoms with van der Waals surface area (Å²) in [5, 5.41) is 9.22. The summed E-state index contributed by atoms with van der Waals surface area (Å²) < 4.78 is 5.62. The number of ether oxygens (including phenoxy) is 1. The summed E-state index contributed by atoms with van der Waals surface area (Å²) in [5.41, 5.74) is 3.52. The van der Waals surface area contributed by atoms with E-state index in [1.54, 1.807) is 12.4 Å². The minimum absolute atomic E-state index is 0.00717. The highest BCUT2D eigenvalue weighted by Gasteiger charge is 2.26. The predicted octanol–water partition coefficient (Wildman–Crippen LogP) is 3.42. The van der Waals surface area contributed by atoms with Crippen LogP contribution in [0, 0.1) is 0 Å². The highest BCUT2D eigenvalue weighted by Crippen LogP contribution is 2.27. The van der Waals surface area contributed by atoms with E-state index in [2.05, 4.69) is 4.98 Å². The average Bonchev–Trinajstić information content (AvgIpc) is 2.83. The zero-order valence-electron chi connectivity index (χ0n) is 16.8. The largest absolute Gasteiger partial charge is 0.484 e. The number of para-hydroxylation sites is 1. The first-order valence-electron chi connectivity index (χ1n) is 10.2. The van der Waals surface area contributed by atoms with Gasteiger partial charge in [-0.25, -0.2) is 4.98 Å². The molecule has 30 heavy (non-hydrogen) atoms. The molecule has 1 saturated heterocycles. The van der Waals surface area contributed by atoms with Crippen LogP contribution < -0.4 is 4.74 Å². The molecule has 0 saturated carbocycles. The normalized spacial score (nSPS) is 16.3. The van der Waals surface area contributed by atoms with Crippen molar-refractivity contribution in [2.45, 2.75) is 25.4 Å². The first-order chi connectivity index (χ1) is 14.7. The lowest BCUT2D eigenvalue weighted by molar-refractivity contribution is -0.134. The lowest BCUT2D eigenvalue weighted by Crippen LogP contribution is -2.41. The molecule has 1 atom stereocenters. The van der Waals surface area contributed by atoms with Crippen LogP contribution in [0.5, 0.6) is 5.75 Å². The van der Waals surface area contributed by atoms with E-state index in [9.17, 15) is 9.90 Å². The third-order valence-corrected chi connectivity index (χ3v) is 5.38. The number of rotatable bonds is 6. The second-order valence-electron chi connectivity index (χ2n) is 7.46. The van der Waals surface area contributed by atoms with Crippen LogP contribution in [-0.2, 0) is 11.4 Å². The number of carbonyl (C=O) groups is 1. The summed E-state index contributed by atoms with van der Waals surface area (Å²) in [7, 11) is 0. The summed E-state index contributed by atoms with van der Waals surface area (Å²) >= 11 is 0. The number of aromatic nitrogens is 2. The van der Waals surface area contributed by atoms with Crippen LogP contribution in [0.4, 0.5) is 0 Å². The van der Waals surface area contributed by atoms with Gasteiger partial charge in [-0.05, 0) is 30.5 Å². The lowest BCUT2D eigenvalue weighted by Gasteiger charge is -2.32. The third-order valence-electron chi connectivity index (χ3n) is 5.38. The molecule has 0 spiro atoms. The van der Waals surface area contributed by atoms with Gasteiger partial charge in [0.25, 0.3) is 5.91 Å². The van der Waals surface area contributed by atoms with Crippen LogP contribution in [0.25, 0.3) is 11.3 Å². The van der Waals surface area contributed by atoms with E-state index in [1.807, 2.05) is 59.5 Å². The molecule has 0 bridgehead atoms. The van der Waals surface area contributed by atoms with Crippen molar-refractivity contribution in [1.29, 1.82) is 0 Å². The van der Waals surface area contributed by atoms with Crippen molar-refractivity contribution in [3.8, 4) is 17.0 Å². The molecule has 6 heteroatoms. The summed E-state index contributed by atoms with van der Waals surface area (Å²) in [5.74, 6) is 0.848. The Balaban J connectivity index is 1.42. The van der Waals surface area contributed by atoms with E-state index in [0.29, 0.717) is 12.3 Å². The molecule has 0 aliphatic carbocycles. The Morgan fingerprint density at radius 3 is 2.67 bits per heavy atom. The summed E-state index contributed by atoms with van der Waals surface area (Å²) in [6, 6.07) is 17.0. The van der Waals surface area contributed by atoms with Gasteiger partial charge in [-0.15, -0.1) is 0 Å². The maximum Gasteiger partial charge on any atom is 0.260 e. The number of aliphatic hydroxyl groups excluding tert-OH is 1. The summed E-state index contributed by atoms with van der Waals surface area (Å²) in [6.45, 7) is 1.42. The second-order valence-corrected chi connectivity index (χ2v) is 7.46. The maximum atomic E-state index is 12.6. The predicted molar refractivity (Wildman–Crippen MR) is 114 cm³/mol. The molecule has 4 rings (SSSR count). The molecule has 154 valence electrons. The molecule has 1 aromatic heterocycles. The third kappa shape index (κ3) is 4.83. The fraction of sp³-hybridized carbons (Fsp3) is 0.292. The number of benzene rings is 2. The zero-order chi connectivity index (χ0) is 20.8. The van der Waals surface area contributed by atoms with E-state index in [-0.39, 0.29) is 25.0 Å². The van der Waals surface area contributed by atoms with Crippen molar-refractivity contribution in [3.63, 3.8) is 0 Å². The van der Waals surface area contributed by atoms with E-state index < -0.39 is 0 Å². The van der Waals surface area contributed by atoms with Crippen molar-refractivity contribution < 1.29 is 14.6 Å². The van der Waals surface area contributed by atoms with Gasteiger partial charge >= 0.3 is 0 Å². The number of piperidine rings is 1. The summed E-state index contributed by atoms with van der Waals surface area (Å²) in [4.78, 5) is 23.7. The number of hydrogen-bond donors (Lipinski definition) is 1. The first kappa shape index (κ1) is 20.0. The van der Waals surface area contributed by atoms with Crippen molar-refractivity contribution >= 4 is 5.91 Å². The van der Waals surface area contributed by atoms with Crippen molar-refractivity contribution in [3.05, 3.63) is 78.2 Å². The fourth-order valence-electron chi connectivity index (χ4n) is 3.70. The average molecular weight is 403 g/mol. The van der Waals surface area contributed by atoms with Gasteiger partial charge in [0.1, 0.15) is 5.75 Å². The van der Waals surface area contributed by atoms with Gasteiger partial charge in [0.2, 0.25) is 0 Å². The Labute approximate surface area is 176 Å². The van der Waals surface area contributed by atoms with Crippen molar-refractivity contribution in [2.75, 3.05) is 19.7 Å². The van der Waals surface area contributed by atoms with Crippen molar-refractivity contribution in [1.82, 2.24) is 14.9 Å². The van der Waals surface area contributed by atoms with E-state index in [4.69, 9.17) is 9.72 Å². The molecule has 1 aliphatic heterocycles. The Morgan fingerprint density at radius 2 is 1.90 bits per heavy atom. The molecule has 1 fully saturated rings. The van der Waals surface area contributed by atoms with Gasteiger partial charge in [-0.2, -0.15) is 0 Å². The molecule has 1 aliphatic rings. The molecule has 3 aromatic rings. The lowest BCUT2D eigenvalue weighted by atomic mass is 9.94. The molecule has 1 amide bonds. The number of carbonyl (C=O) groups excluding carboxylic acids is 1. The number of aliphatic hydroxyl groups is 1. The van der Waals surface area contributed by atoms with E-state index in [1.165, 1.54) is 0 Å². The second kappa shape index (κ2) is 9.50. The highest BCUT2D eigenvalue weighted by molar-refractivity contribution is 5.78. The van der Waals surface area contributed by atoms with Crippen molar-refractivity contribution in [2.24, 2.45) is 0 Å². The van der Waals surface area contributed by atoms with Crippen LogP contribution in [0.2, 0.25) is 0 Å². The number of amides is 1. The molecule has 0 radical (unpaired) electrons. The standard InChI is InChI=1S/C24H25N3O3/c28-16-18-8-10-19(11-9-18)22-13-25-14-23(26-22)20-5-4-12-27(15-20)24(29)17-30-21-6-2-1-3-7-21/h1-3,6-11,13-14,20,28H,4-5,12,15-17H2/t20-/m0/s1. The van der Waals surface area contributed by atoms with Gasteiger partial charge in [-0.1, -0.05) is 42.5 Å². The number of hydrogen-bond acceptors (Lipinski definition) is 5. The minimum Gasteiger partial charge on any atom is -0.484 e. The van der Waals surface area contributed by atoms with Crippen LogP contribution in [0.3, 0.4) is 0 Å². The molecule has 1 N–H and O–H groups in total. The van der Waals surface area contributed by atoms with Gasteiger partial charge in [0.05, 0.1) is 24.2 Å². The molecular weight excluding hydrogens is 378 g/mol. The topological polar surface area (TPSA) is 75.5 Å². The smallest absolute Gasteiger partial charge is 0.260 e. The van der Waals surface area contributed by atoms with Crippen LogP contribution in [0.1, 0.15) is 30.0 Å². The maximum absolute atomic E-state index is 12.6. The highest BCUT2D eigenvalue weighted by atomic mass is 16.5. The molecule has 2 heterocycles. The molecule has 0 unspecified atom stereocenters. The molecule has 6 nitrogen and oxygen atoms in total. The number of likely N-dealkylation sites (tertiary alicyclic amines) is 1. The SMILES string of the molecule is O=C(COc1ccccc1)N1CCC[C@H](c2cncc(-c3ccc(CO)cc3)n2)C1. The van der Waals surface area contributed by atoms with Crippen LogP contribution in [0.15, 0.2) is 67.0 Å². The quantitative estimate of drug-likeness (QED) is 0.683. The zero-order valence-corrected chi connectivity index (χ0v) is 16.8. The van der Waals surface area contributed by atoms with Crippen LogP contribution >= 0.6 is 0 Å².